The molecule has 3 amide bonds. The molecule has 0 rings (SSSR count). The number of hydroxylamine groups is 2. The number of carbonyl (C=O) groups excluding carboxylic acids is 3. The van der Waals surface area contributed by atoms with E-state index < -0.39 is 12.0 Å². The molecule has 0 spiro atoms. The highest BCUT2D eigenvalue weighted by Crippen LogP contribution is 2.16. The lowest BCUT2D eigenvalue weighted by Crippen LogP contribution is -2.51. The molecule has 24 heavy (non-hydrogen) atoms. The molecule has 0 saturated carbocycles. The highest BCUT2D eigenvalue weighted by molar-refractivity contribution is 5.90. The Labute approximate surface area is 145 Å². The van der Waals surface area contributed by atoms with E-state index in [0.29, 0.717) is 24.4 Å². The van der Waals surface area contributed by atoms with Gasteiger partial charge >= 0.3 is 6.03 Å². The largest absolute Gasteiger partial charge is 0.338 e. The maximum atomic E-state index is 12.8. The molecule has 0 unspecified atom stereocenters. The van der Waals surface area contributed by atoms with E-state index in [0.717, 1.165) is 25.7 Å². The van der Waals surface area contributed by atoms with Crippen LogP contribution in [0.2, 0.25) is 0 Å². The summed E-state index contributed by atoms with van der Waals surface area (Å²) in [7, 11) is 0. The first-order valence-corrected chi connectivity index (χ1v) is 8.86. The van der Waals surface area contributed by atoms with Gasteiger partial charge in [-0.25, -0.2) is 9.86 Å². The molecule has 0 heterocycles. The molecule has 0 radical (unpaired) electrons. The van der Waals surface area contributed by atoms with Crippen molar-refractivity contribution in [1.29, 1.82) is 0 Å². The van der Waals surface area contributed by atoms with Crippen molar-refractivity contribution in [3.05, 3.63) is 0 Å². The highest BCUT2D eigenvalue weighted by atomic mass is 16.5. The maximum Gasteiger partial charge on any atom is 0.315 e. The quantitative estimate of drug-likeness (QED) is 0.207. The molecule has 140 valence electrons. The fraction of sp³-hybridized carbons (Fsp3) is 0.824. The number of amides is 3. The predicted molar refractivity (Wildman–Crippen MR) is 92.6 cm³/mol. The maximum absolute atomic E-state index is 12.8. The zero-order valence-corrected chi connectivity index (χ0v) is 15.4. The second kappa shape index (κ2) is 12.8. The van der Waals surface area contributed by atoms with Crippen LogP contribution in [0.3, 0.4) is 0 Å². The number of urea groups is 1. The van der Waals surface area contributed by atoms with Crippen LogP contribution in [-0.2, 0) is 9.59 Å². The molecule has 0 bridgehead atoms. The van der Waals surface area contributed by atoms with E-state index in [4.69, 9.17) is 0 Å². The number of ketones is 1. The molecule has 0 aliphatic heterocycles. The number of rotatable bonds is 13. The van der Waals surface area contributed by atoms with Gasteiger partial charge in [0.25, 0.3) is 0 Å². The third kappa shape index (κ3) is 8.86. The summed E-state index contributed by atoms with van der Waals surface area (Å²) in [4.78, 5) is 35.4. The van der Waals surface area contributed by atoms with Crippen molar-refractivity contribution in [2.45, 2.75) is 65.8 Å². The third-order valence-corrected chi connectivity index (χ3v) is 3.91. The topological polar surface area (TPSA) is 98.7 Å². The molecule has 0 fully saturated rings. The average Bonchev–Trinajstić information content (AvgIpc) is 2.55. The minimum absolute atomic E-state index is 0.0509. The van der Waals surface area contributed by atoms with Gasteiger partial charge in [0.15, 0.2) is 5.78 Å². The van der Waals surface area contributed by atoms with Crippen LogP contribution in [0.25, 0.3) is 0 Å². The van der Waals surface area contributed by atoms with E-state index in [1.165, 1.54) is 0 Å². The van der Waals surface area contributed by atoms with Crippen LogP contribution in [0.1, 0.15) is 59.8 Å². The molecule has 0 aromatic carbocycles. The Kier molecular flexibility index (Phi) is 11.9. The molecule has 7 nitrogen and oxygen atoms in total. The van der Waals surface area contributed by atoms with Gasteiger partial charge < -0.3 is 10.6 Å². The summed E-state index contributed by atoms with van der Waals surface area (Å²) in [6.45, 7) is 8.29. The van der Waals surface area contributed by atoms with Crippen LogP contribution in [0.5, 0.6) is 0 Å². The number of hydrogen-bond donors (Lipinski definition) is 3. The van der Waals surface area contributed by atoms with Gasteiger partial charge in [-0.05, 0) is 18.8 Å². The van der Waals surface area contributed by atoms with Gasteiger partial charge in [-0.2, -0.15) is 0 Å². The van der Waals surface area contributed by atoms with Crippen LogP contribution in [-0.4, -0.2) is 47.6 Å². The van der Waals surface area contributed by atoms with E-state index in [-0.39, 0.29) is 24.3 Å². The van der Waals surface area contributed by atoms with Gasteiger partial charge in [0.1, 0.15) is 0 Å². The lowest BCUT2D eigenvalue weighted by atomic mass is 9.87. The Morgan fingerprint density at radius 1 is 1.17 bits per heavy atom. The summed E-state index contributed by atoms with van der Waals surface area (Å²) in [5.74, 6) is -0.726. The Morgan fingerprint density at radius 2 is 1.79 bits per heavy atom. The summed E-state index contributed by atoms with van der Waals surface area (Å²) >= 11 is 0. The molecule has 0 aliphatic carbocycles. The highest BCUT2D eigenvalue weighted by Gasteiger charge is 2.31. The van der Waals surface area contributed by atoms with Crippen molar-refractivity contribution >= 4 is 18.2 Å². The van der Waals surface area contributed by atoms with Crippen LogP contribution in [0.4, 0.5) is 4.79 Å². The average molecular weight is 343 g/mol. The fourth-order valence-corrected chi connectivity index (χ4v) is 2.43. The van der Waals surface area contributed by atoms with Crippen molar-refractivity contribution in [1.82, 2.24) is 15.7 Å². The summed E-state index contributed by atoms with van der Waals surface area (Å²) < 4.78 is 0. The van der Waals surface area contributed by atoms with Gasteiger partial charge in [0, 0.05) is 12.5 Å². The normalized spacial score (nSPS) is 13.2. The van der Waals surface area contributed by atoms with Crippen LogP contribution < -0.4 is 10.6 Å². The summed E-state index contributed by atoms with van der Waals surface area (Å²) in [6.07, 6.45) is 4.45. The molecular formula is C17H33N3O4. The molecule has 3 N–H and O–H groups in total. The van der Waals surface area contributed by atoms with Gasteiger partial charge in [-0.15, -0.1) is 0 Å². The van der Waals surface area contributed by atoms with Crippen molar-refractivity contribution < 1.29 is 19.6 Å². The predicted octanol–water partition coefficient (Wildman–Crippen LogP) is 2.33. The van der Waals surface area contributed by atoms with Gasteiger partial charge in [0.2, 0.25) is 6.41 Å². The van der Waals surface area contributed by atoms with Gasteiger partial charge in [-0.3, -0.25) is 14.8 Å². The Morgan fingerprint density at radius 3 is 2.29 bits per heavy atom. The van der Waals surface area contributed by atoms with Crippen molar-refractivity contribution in [3.8, 4) is 0 Å². The SMILES string of the molecule is CCCCNC(=O)N[C@H](C(=O)[C@H](CCCC)CN(O)C=O)C(C)C. The lowest BCUT2D eigenvalue weighted by molar-refractivity contribution is -0.154. The second-order valence-corrected chi connectivity index (χ2v) is 6.44. The zero-order chi connectivity index (χ0) is 18.5. The minimum atomic E-state index is -0.645. The molecule has 0 aromatic rings. The Balaban J connectivity index is 4.90. The van der Waals surface area contributed by atoms with Crippen LogP contribution in [0.15, 0.2) is 0 Å². The van der Waals surface area contributed by atoms with Crippen LogP contribution >= 0.6 is 0 Å². The third-order valence-electron chi connectivity index (χ3n) is 3.91. The summed E-state index contributed by atoms with van der Waals surface area (Å²) in [5, 5.41) is 15.4. The monoisotopic (exact) mass is 343 g/mol. The second-order valence-electron chi connectivity index (χ2n) is 6.44. The molecule has 0 saturated heterocycles. The zero-order valence-electron chi connectivity index (χ0n) is 15.4. The first-order valence-electron chi connectivity index (χ1n) is 8.86. The smallest absolute Gasteiger partial charge is 0.315 e. The number of carbonyl (C=O) groups is 3. The van der Waals surface area contributed by atoms with Crippen molar-refractivity contribution in [2.75, 3.05) is 13.1 Å². The molecule has 0 aromatic heterocycles. The van der Waals surface area contributed by atoms with E-state index in [2.05, 4.69) is 10.6 Å². The molecule has 7 heteroatoms. The standard InChI is InChI=1S/C17H33N3O4/c1-5-7-9-14(11-20(24)12-21)16(22)15(13(3)4)19-17(23)18-10-8-6-2/h12-15,24H,5-11H2,1-4H3,(H2,18,19,23)/t14-,15+/m1/s1. The van der Waals surface area contributed by atoms with Gasteiger partial charge in [0.05, 0.1) is 12.6 Å². The number of nitrogens with one attached hydrogen (secondary N) is 2. The Bertz CT molecular complexity index is 388. The van der Waals surface area contributed by atoms with E-state index in [1.54, 1.807) is 0 Å². The van der Waals surface area contributed by atoms with Crippen molar-refractivity contribution in [2.24, 2.45) is 11.8 Å². The summed E-state index contributed by atoms with van der Waals surface area (Å²) in [5.41, 5.74) is 0. The summed E-state index contributed by atoms with van der Waals surface area (Å²) in [6, 6.07) is -1.01. The van der Waals surface area contributed by atoms with Crippen LogP contribution in [0, 0.1) is 11.8 Å². The Hall–Kier alpha value is -1.63. The van der Waals surface area contributed by atoms with E-state index >= 15 is 0 Å². The first kappa shape index (κ1) is 22.4. The lowest BCUT2D eigenvalue weighted by Gasteiger charge is -2.27. The van der Waals surface area contributed by atoms with Crippen molar-refractivity contribution in [3.63, 3.8) is 0 Å². The molecule has 2 atom stereocenters. The van der Waals surface area contributed by atoms with E-state index in [1.807, 2.05) is 27.7 Å². The molecule has 0 aliphatic rings. The molecular weight excluding hydrogens is 310 g/mol. The number of Topliss-reactive ketones (excluding diaryl/α,β-unsaturated/α-hetero) is 1. The first-order chi connectivity index (χ1) is 11.4. The number of nitrogens with zero attached hydrogens (tertiary/aromatic N) is 1. The van der Waals surface area contributed by atoms with Gasteiger partial charge in [-0.1, -0.05) is 47.0 Å². The minimum Gasteiger partial charge on any atom is -0.338 e. The number of unbranched alkanes of at least 4 members (excludes halogenated alkanes) is 2. The van der Waals surface area contributed by atoms with E-state index in [9.17, 15) is 19.6 Å². The fourth-order valence-electron chi connectivity index (χ4n) is 2.43. The number of hydrogen-bond acceptors (Lipinski definition) is 4.